The van der Waals surface area contributed by atoms with Crippen molar-refractivity contribution in [3.05, 3.63) is 58.8 Å². The SMILES string of the molecule is NC(=S)N/N=C/c1cccc(OCc2ccc3no[n+]([O-])c3c2)c1. The van der Waals surface area contributed by atoms with Crippen molar-refractivity contribution < 1.29 is 14.3 Å². The predicted octanol–water partition coefficient (Wildman–Crippen LogP) is 1.21. The van der Waals surface area contributed by atoms with Crippen molar-refractivity contribution in [3.63, 3.8) is 0 Å². The molecule has 1 aromatic heterocycles. The van der Waals surface area contributed by atoms with Crippen LogP contribution in [0, 0.1) is 5.21 Å². The van der Waals surface area contributed by atoms with Gasteiger partial charge in [-0.15, -0.1) is 0 Å². The van der Waals surface area contributed by atoms with Crippen molar-refractivity contribution in [1.29, 1.82) is 0 Å². The van der Waals surface area contributed by atoms with Gasteiger partial charge in [0.15, 0.2) is 5.11 Å². The Bertz CT molecular complexity index is 909. The van der Waals surface area contributed by atoms with Crippen LogP contribution in [-0.4, -0.2) is 16.5 Å². The maximum Gasteiger partial charge on any atom is 0.248 e. The lowest BCUT2D eigenvalue weighted by atomic mass is 10.2. The zero-order chi connectivity index (χ0) is 16.9. The second-order valence-corrected chi connectivity index (χ2v) is 5.29. The molecular formula is C15H13N5O3S. The molecule has 0 amide bonds. The monoisotopic (exact) mass is 343 g/mol. The van der Waals surface area contributed by atoms with E-state index in [-0.39, 0.29) is 5.11 Å². The van der Waals surface area contributed by atoms with Crippen LogP contribution in [0.3, 0.4) is 0 Å². The summed E-state index contributed by atoms with van der Waals surface area (Å²) in [7, 11) is 0. The topological polar surface area (TPSA) is 113 Å². The van der Waals surface area contributed by atoms with Crippen molar-refractivity contribution in [3.8, 4) is 5.75 Å². The number of hydrogen-bond acceptors (Lipinski definition) is 6. The summed E-state index contributed by atoms with van der Waals surface area (Å²) in [5.41, 5.74) is 10.3. The number of ether oxygens (including phenoxy) is 1. The van der Waals surface area contributed by atoms with Gasteiger partial charge in [0.2, 0.25) is 11.0 Å². The standard InChI is InChI=1S/C15H13N5O3S/c16-15(24)18-17-8-10-2-1-3-12(6-10)22-9-11-4-5-13-14(7-11)20(21)23-19-13/h1-8H,9H2,(H3,16,18,24)/b17-8+. The van der Waals surface area contributed by atoms with Crippen molar-refractivity contribution in [2.75, 3.05) is 0 Å². The van der Waals surface area contributed by atoms with Gasteiger partial charge in [0, 0.05) is 11.2 Å². The molecule has 2 aromatic carbocycles. The number of nitrogens with one attached hydrogen (secondary N) is 1. The molecule has 9 heteroatoms. The maximum absolute atomic E-state index is 11.4. The molecule has 0 spiro atoms. The second-order valence-electron chi connectivity index (χ2n) is 4.85. The van der Waals surface area contributed by atoms with Gasteiger partial charge in [-0.25, -0.2) is 0 Å². The average molecular weight is 343 g/mol. The quantitative estimate of drug-likeness (QED) is 0.310. The number of nitrogens with two attached hydrogens (primary N) is 1. The van der Waals surface area contributed by atoms with E-state index in [2.05, 4.69) is 32.5 Å². The molecule has 0 aliphatic heterocycles. The normalized spacial score (nSPS) is 11.0. The molecule has 0 radical (unpaired) electrons. The van der Waals surface area contributed by atoms with Crippen LogP contribution in [-0.2, 0) is 6.61 Å². The number of benzene rings is 2. The summed E-state index contributed by atoms with van der Waals surface area (Å²) < 4.78 is 10.3. The highest BCUT2D eigenvalue weighted by atomic mass is 32.1. The Morgan fingerprint density at radius 3 is 3.12 bits per heavy atom. The highest BCUT2D eigenvalue weighted by Crippen LogP contribution is 2.16. The first-order valence-electron chi connectivity index (χ1n) is 6.91. The minimum absolute atomic E-state index is 0.0957. The number of nitrogens with zero attached hydrogens (tertiary/aromatic N) is 3. The first-order chi connectivity index (χ1) is 11.6. The summed E-state index contributed by atoms with van der Waals surface area (Å²) in [6.07, 6.45) is 1.58. The fourth-order valence-electron chi connectivity index (χ4n) is 2.03. The first-order valence-corrected chi connectivity index (χ1v) is 7.32. The summed E-state index contributed by atoms with van der Waals surface area (Å²) in [5.74, 6) is 0.662. The lowest BCUT2D eigenvalue weighted by Gasteiger charge is -2.06. The Kier molecular flexibility index (Phi) is 4.52. The van der Waals surface area contributed by atoms with E-state index < -0.39 is 0 Å². The summed E-state index contributed by atoms with van der Waals surface area (Å²) in [6.45, 7) is 0.298. The fraction of sp³-hybridized carbons (Fsp3) is 0.0667. The third-order valence-electron chi connectivity index (χ3n) is 3.10. The third kappa shape index (κ3) is 3.76. The van der Waals surface area contributed by atoms with Gasteiger partial charge in [0.1, 0.15) is 12.4 Å². The molecule has 0 saturated heterocycles. The van der Waals surface area contributed by atoms with Gasteiger partial charge in [-0.1, -0.05) is 18.2 Å². The Hall–Kier alpha value is -3.20. The highest BCUT2D eigenvalue weighted by Gasteiger charge is 2.09. The summed E-state index contributed by atoms with van der Waals surface area (Å²) in [4.78, 5) is 0.366. The smallest absolute Gasteiger partial charge is 0.248 e. The van der Waals surface area contributed by atoms with Crippen LogP contribution in [0.15, 0.2) is 52.2 Å². The lowest BCUT2D eigenvalue weighted by Crippen LogP contribution is -2.23. The summed E-state index contributed by atoms with van der Waals surface area (Å²) in [6, 6.07) is 12.5. The molecule has 24 heavy (non-hydrogen) atoms. The molecule has 0 unspecified atom stereocenters. The van der Waals surface area contributed by atoms with E-state index in [1.54, 1.807) is 18.3 Å². The largest absolute Gasteiger partial charge is 0.489 e. The van der Waals surface area contributed by atoms with Gasteiger partial charge < -0.3 is 15.7 Å². The number of thiocarbonyl (C=S) groups is 1. The van der Waals surface area contributed by atoms with Crippen LogP contribution < -0.4 is 20.8 Å². The second kappa shape index (κ2) is 6.92. The molecule has 0 saturated carbocycles. The molecule has 3 N–H and O–H groups in total. The Labute approximate surface area is 142 Å². The average Bonchev–Trinajstić information content (AvgIpc) is 2.94. The van der Waals surface area contributed by atoms with E-state index in [0.717, 1.165) is 11.1 Å². The minimum Gasteiger partial charge on any atom is -0.489 e. The van der Waals surface area contributed by atoms with Gasteiger partial charge in [0.05, 0.1) is 6.21 Å². The molecular weight excluding hydrogens is 330 g/mol. The zero-order valence-corrected chi connectivity index (χ0v) is 13.2. The van der Waals surface area contributed by atoms with Crippen LogP contribution in [0.1, 0.15) is 11.1 Å². The van der Waals surface area contributed by atoms with Crippen LogP contribution in [0.5, 0.6) is 5.75 Å². The van der Waals surface area contributed by atoms with E-state index in [1.807, 2.05) is 30.3 Å². The molecule has 0 aliphatic rings. The van der Waals surface area contributed by atoms with Crippen molar-refractivity contribution in [2.24, 2.45) is 10.8 Å². The molecule has 3 aromatic rings. The molecule has 8 nitrogen and oxygen atoms in total. The lowest BCUT2D eigenvalue weighted by molar-refractivity contribution is -0.782. The van der Waals surface area contributed by atoms with E-state index in [1.165, 1.54) is 0 Å². The van der Waals surface area contributed by atoms with Crippen LogP contribution >= 0.6 is 12.2 Å². The van der Waals surface area contributed by atoms with Crippen molar-refractivity contribution >= 4 is 34.6 Å². The van der Waals surface area contributed by atoms with Crippen LogP contribution in [0.25, 0.3) is 11.0 Å². The van der Waals surface area contributed by atoms with Crippen molar-refractivity contribution in [1.82, 2.24) is 10.6 Å². The first kappa shape index (κ1) is 15.7. The van der Waals surface area contributed by atoms with Gasteiger partial charge in [-0.05, 0) is 46.4 Å². The Morgan fingerprint density at radius 2 is 2.29 bits per heavy atom. The Morgan fingerprint density at radius 1 is 1.42 bits per heavy atom. The van der Waals surface area contributed by atoms with Gasteiger partial charge in [0.25, 0.3) is 0 Å². The molecule has 1 heterocycles. The Balaban J connectivity index is 1.68. The molecule has 3 rings (SSSR count). The fourth-order valence-corrected chi connectivity index (χ4v) is 2.08. The van der Waals surface area contributed by atoms with Gasteiger partial charge in [-0.2, -0.15) is 5.10 Å². The number of rotatable bonds is 5. The summed E-state index contributed by atoms with van der Waals surface area (Å²) in [5, 5.41) is 19.0. The van der Waals surface area contributed by atoms with Crippen molar-refractivity contribution in [2.45, 2.75) is 6.61 Å². The number of hydrogen-bond donors (Lipinski definition) is 2. The zero-order valence-electron chi connectivity index (χ0n) is 12.4. The molecule has 122 valence electrons. The number of fused-ring (bicyclic) bond motifs is 1. The van der Waals surface area contributed by atoms with Crippen LogP contribution in [0.4, 0.5) is 0 Å². The van der Waals surface area contributed by atoms with Crippen LogP contribution in [0.2, 0.25) is 0 Å². The van der Waals surface area contributed by atoms with E-state index in [0.29, 0.717) is 28.3 Å². The third-order valence-corrected chi connectivity index (χ3v) is 3.19. The summed E-state index contributed by atoms with van der Waals surface area (Å²) >= 11 is 4.66. The molecule has 0 aliphatic carbocycles. The van der Waals surface area contributed by atoms with E-state index >= 15 is 0 Å². The number of aromatic nitrogens is 2. The number of hydrazone groups is 1. The minimum atomic E-state index is 0.0957. The predicted molar refractivity (Wildman–Crippen MR) is 91.3 cm³/mol. The molecule has 0 atom stereocenters. The molecule has 0 bridgehead atoms. The van der Waals surface area contributed by atoms with Gasteiger partial charge in [-0.3, -0.25) is 10.1 Å². The van der Waals surface area contributed by atoms with E-state index in [4.69, 9.17) is 10.5 Å². The molecule has 0 fully saturated rings. The highest BCUT2D eigenvalue weighted by molar-refractivity contribution is 7.80. The van der Waals surface area contributed by atoms with Gasteiger partial charge >= 0.3 is 0 Å². The maximum atomic E-state index is 11.4. The van der Waals surface area contributed by atoms with E-state index in [9.17, 15) is 5.21 Å².